The van der Waals surface area contributed by atoms with E-state index in [0.717, 1.165) is 18.9 Å². The number of hydrogen-bond acceptors (Lipinski definition) is 4. The number of rotatable bonds is 3. The summed E-state index contributed by atoms with van der Waals surface area (Å²) in [4.78, 5) is 23.1. The van der Waals surface area contributed by atoms with Gasteiger partial charge in [0.2, 0.25) is 5.95 Å². The van der Waals surface area contributed by atoms with Crippen molar-refractivity contribution in [2.45, 2.75) is 65.0 Å². The predicted octanol–water partition coefficient (Wildman–Crippen LogP) is 2.77. The van der Waals surface area contributed by atoms with Gasteiger partial charge in [0.25, 0.3) is 5.91 Å². The van der Waals surface area contributed by atoms with Crippen LogP contribution < -0.4 is 10.2 Å². The minimum Gasteiger partial charge on any atom is -0.347 e. The summed E-state index contributed by atoms with van der Waals surface area (Å²) < 4.78 is 0. The van der Waals surface area contributed by atoms with Crippen molar-refractivity contribution >= 4 is 11.9 Å². The number of piperidine rings is 1. The Morgan fingerprint density at radius 3 is 2.57 bits per heavy atom. The molecule has 1 aromatic heterocycles. The predicted molar refractivity (Wildman–Crippen MR) is 84.5 cm³/mol. The summed E-state index contributed by atoms with van der Waals surface area (Å²) >= 11 is 0. The lowest BCUT2D eigenvalue weighted by Gasteiger charge is -2.35. The molecule has 1 unspecified atom stereocenters. The van der Waals surface area contributed by atoms with Gasteiger partial charge >= 0.3 is 0 Å². The van der Waals surface area contributed by atoms with Crippen molar-refractivity contribution in [1.82, 2.24) is 15.3 Å². The Labute approximate surface area is 127 Å². The number of hydrogen-bond donors (Lipinski definition) is 1. The smallest absolute Gasteiger partial charge is 0.254 e. The molecule has 0 aliphatic carbocycles. The summed E-state index contributed by atoms with van der Waals surface area (Å²) in [5.41, 5.74) is 0.259. The third-order valence-corrected chi connectivity index (χ3v) is 3.74. The van der Waals surface area contributed by atoms with E-state index in [-0.39, 0.29) is 11.4 Å². The van der Waals surface area contributed by atoms with Gasteiger partial charge in [0, 0.05) is 30.5 Å². The van der Waals surface area contributed by atoms with E-state index in [1.54, 1.807) is 12.4 Å². The Bertz CT molecular complexity index is 478. The second kappa shape index (κ2) is 6.41. The van der Waals surface area contributed by atoms with Crippen LogP contribution in [0.25, 0.3) is 0 Å². The minimum atomic E-state index is -0.254. The van der Waals surface area contributed by atoms with Crippen LogP contribution in [0.3, 0.4) is 0 Å². The molecule has 1 fully saturated rings. The lowest BCUT2D eigenvalue weighted by molar-refractivity contribution is 0.0919. The highest BCUT2D eigenvalue weighted by Gasteiger charge is 2.23. The van der Waals surface area contributed by atoms with E-state index < -0.39 is 0 Å². The van der Waals surface area contributed by atoms with Crippen molar-refractivity contribution in [3.05, 3.63) is 18.0 Å². The molecule has 0 radical (unpaired) electrons. The van der Waals surface area contributed by atoms with Gasteiger partial charge in [-0.1, -0.05) is 6.92 Å². The van der Waals surface area contributed by atoms with Crippen molar-refractivity contribution in [2.75, 3.05) is 11.4 Å². The molecular weight excluding hydrogens is 264 g/mol. The molecule has 1 amide bonds. The van der Waals surface area contributed by atoms with Gasteiger partial charge in [-0.05, 0) is 46.5 Å². The molecule has 5 nitrogen and oxygen atoms in total. The second-order valence-corrected chi connectivity index (χ2v) is 6.73. The lowest BCUT2D eigenvalue weighted by atomic mass is 10.0. The van der Waals surface area contributed by atoms with Crippen molar-refractivity contribution in [1.29, 1.82) is 0 Å². The molecule has 1 aliphatic heterocycles. The Balaban J connectivity index is 2.09. The normalized spacial score (nSPS) is 19.4. The molecule has 1 N–H and O–H groups in total. The summed E-state index contributed by atoms with van der Waals surface area (Å²) in [7, 11) is 0. The fraction of sp³-hybridized carbons (Fsp3) is 0.688. The SMILES string of the molecule is CCC1CCCCN1c1ncc(C(=O)NC(C)(C)C)cn1. The standard InChI is InChI=1S/C16H26N4O/c1-5-13-8-6-7-9-20(13)15-17-10-12(11-18-15)14(21)19-16(2,3)4/h10-11,13H,5-9H2,1-4H3,(H,19,21). The van der Waals surface area contributed by atoms with Crippen LogP contribution >= 0.6 is 0 Å². The summed E-state index contributed by atoms with van der Waals surface area (Å²) in [6.07, 6.45) is 8.03. The average molecular weight is 290 g/mol. The summed E-state index contributed by atoms with van der Waals surface area (Å²) in [6.45, 7) is 9.08. The molecule has 0 spiro atoms. The van der Waals surface area contributed by atoms with Crippen LogP contribution in [0.15, 0.2) is 12.4 Å². The first-order valence-electron chi connectivity index (χ1n) is 7.82. The van der Waals surface area contributed by atoms with E-state index in [1.165, 1.54) is 19.3 Å². The molecular formula is C16H26N4O. The quantitative estimate of drug-likeness (QED) is 0.930. The third-order valence-electron chi connectivity index (χ3n) is 3.74. The molecule has 1 aliphatic rings. The van der Waals surface area contributed by atoms with Crippen LogP contribution in [-0.2, 0) is 0 Å². The maximum Gasteiger partial charge on any atom is 0.254 e. The zero-order chi connectivity index (χ0) is 15.5. The van der Waals surface area contributed by atoms with Crippen molar-refractivity contribution in [3.8, 4) is 0 Å². The summed E-state index contributed by atoms with van der Waals surface area (Å²) in [5, 5.41) is 2.92. The van der Waals surface area contributed by atoms with E-state index in [9.17, 15) is 4.79 Å². The highest BCUT2D eigenvalue weighted by molar-refractivity contribution is 5.94. The average Bonchev–Trinajstić information content (AvgIpc) is 2.45. The van der Waals surface area contributed by atoms with Gasteiger partial charge in [-0.2, -0.15) is 0 Å². The number of nitrogens with one attached hydrogen (secondary N) is 1. The van der Waals surface area contributed by atoms with Crippen LogP contribution in [0.1, 0.15) is 63.7 Å². The van der Waals surface area contributed by atoms with Crippen molar-refractivity contribution in [3.63, 3.8) is 0 Å². The number of carbonyl (C=O) groups is 1. The zero-order valence-corrected chi connectivity index (χ0v) is 13.5. The van der Waals surface area contributed by atoms with Crippen LogP contribution in [-0.4, -0.2) is 34.0 Å². The second-order valence-electron chi connectivity index (χ2n) is 6.73. The highest BCUT2D eigenvalue weighted by atomic mass is 16.1. The first-order chi connectivity index (χ1) is 9.90. The van der Waals surface area contributed by atoms with Gasteiger partial charge in [-0.3, -0.25) is 4.79 Å². The number of aromatic nitrogens is 2. The lowest BCUT2D eigenvalue weighted by Crippen LogP contribution is -2.41. The molecule has 1 atom stereocenters. The molecule has 2 rings (SSSR count). The van der Waals surface area contributed by atoms with Gasteiger partial charge in [0.15, 0.2) is 0 Å². The van der Waals surface area contributed by atoms with Gasteiger partial charge in [-0.25, -0.2) is 9.97 Å². The monoisotopic (exact) mass is 290 g/mol. The molecule has 0 aromatic carbocycles. The van der Waals surface area contributed by atoms with Gasteiger partial charge in [0.05, 0.1) is 5.56 Å². The molecule has 5 heteroatoms. The van der Waals surface area contributed by atoms with E-state index in [1.807, 2.05) is 20.8 Å². The van der Waals surface area contributed by atoms with Gasteiger partial charge < -0.3 is 10.2 Å². The first-order valence-corrected chi connectivity index (χ1v) is 7.82. The Morgan fingerprint density at radius 2 is 2.00 bits per heavy atom. The van der Waals surface area contributed by atoms with Gasteiger partial charge in [0.1, 0.15) is 0 Å². The molecule has 1 aromatic rings. The fourth-order valence-corrected chi connectivity index (χ4v) is 2.69. The van der Waals surface area contributed by atoms with E-state index in [0.29, 0.717) is 11.6 Å². The molecule has 116 valence electrons. The Hall–Kier alpha value is -1.65. The van der Waals surface area contributed by atoms with Gasteiger partial charge in [-0.15, -0.1) is 0 Å². The van der Waals surface area contributed by atoms with E-state index >= 15 is 0 Å². The fourth-order valence-electron chi connectivity index (χ4n) is 2.69. The maximum atomic E-state index is 12.1. The topological polar surface area (TPSA) is 58.1 Å². The Morgan fingerprint density at radius 1 is 1.33 bits per heavy atom. The first kappa shape index (κ1) is 15.7. The maximum absolute atomic E-state index is 12.1. The van der Waals surface area contributed by atoms with Crippen molar-refractivity contribution in [2.24, 2.45) is 0 Å². The van der Waals surface area contributed by atoms with Crippen LogP contribution in [0.4, 0.5) is 5.95 Å². The zero-order valence-electron chi connectivity index (χ0n) is 13.5. The highest BCUT2D eigenvalue weighted by Crippen LogP contribution is 2.23. The number of amides is 1. The molecule has 1 saturated heterocycles. The minimum absolute atomic E-state index is 0.125. The molecule has 0 bridgehead atoms. The summed E-state index contributed by atoms with van der Waals surface area (Å²) in [5.74, 6) is 0.619. The largest absolute Gasteiger partial charge is 0.347 e. The summed E-state index contributed by atoms with van der Waals surface area (Å²) in [6, 6.07) is 0.521. The van der Waals surface area contributed by atoms with E-state index in [4.69, 9.17) is 0 Å². The molecule has 0 saturated carbocycles. The molecule has 21 heavy (non-hydrogen) atoms. The van der Waals surface area contributed by atoms with Crippen molar-refractivity contribution < 1.29 is 4.79 Å². The third kappa shape index (κ3) is 4.16. The van der Waals surface area contributed by atoms with Crippen LogP contribution in [0, 0.1) is 0 Å². The number of carbonyl (C=O) groups excluding carboxylic acids is 1. The van der Waals surface area contributed by atoms with Crippen LogP contribution in [0.5, 0.6) is 0 Å². The van der Waals surface area contributed by atoms with Crippen LogP contribution in [0.2, 0.25) is 0 Å². The number of anilines is 1. The molecule has 2 heterocycles. The van der Waals surface area contributed by atoms with E-state index in [2.05, 4.69) is 27.1 Å². The Kier molecular flexibility index (Phi) is 4.80. The number of nitrogens with zero attached hydrogens (tertiary/aromatic N) is 3.